The molecule has 4 heterocycles. The van der Waals surface area contributed by atoms with E-state index in [0.717, 1.165) is 18.7 Å². The standard InChI is InChI=1S/C26H28N4O5/c1-16-5-4-8-29-17(2)21(27-25(16)29)23(32)20-22(18-6-3-7-19(31)15-18)30(26(34)24(20)33)10-9-28-11-13-35-14-12-28/h3-8,15,22,31-32H,9-14H2,1-2H3/b23-20+. The monoisotopic (exact) mass is 476 g/mol. The zero-order valence-corrected chi connectivity index (χ0v) is 19.8. The number of nitrogens with zero attached hydrogens (tertiary/aromatic N) is 4. The van der Waals surface area contributed by atoms with Crippen LogP contribution < -0.4 is 0 Å². The molecule has 182 valence electrons. The van der Waals surface area contributed by atoms with Crippen LogP contribution in [0.5, 0.6) is 5.75 Å². The number of ketones is 1. The molecular formula is C26H28N4O5. The molecule has 0 aliphatic carbocycles. The molecule has 35 heavy (non-hydrogen) atoms. The average Bonchev–Trinajstić information content (AvgIpc) is 3.33. The average molecular weight is 477 g/mol. The van der Waals surface area contributed by atoms with Crippen molar-refractivity contribution in [1.29, 1.82) is 0 Å². The van der Waals surface area contributed by atoms with Gasteiger partial charge in [-0.2, -0.15) is 0 Å². The van der Waals surface area contributed by atoms with Gasteiger partial charge in [-0.15, -0.1) is 0 Å². The molecule has 2 fully saturated rings. The summed E-state index contributed by atoms with van der Waals surface area (Å²) in [5, 5.41) is 21.6. The van der Waals surface area contributed by atoms with Crippen LogP contribution in [0.1, 0.15) is 28.6 Å². The summed E-state index contributed by atoms with van der Waals surface area (Å²) in [5.74, 6) is -1.73. The van der Waals surface area contributed by atoms with E-state index in [1.165, 1.54) is 17.0 Å². The first-order chi connectivity index (χ1) is 16.9. The SMILES string of the molecule is Cc1cccn2c(C)c(/C(O)=C3\C(=O)C(=O)N(CCN4CCOCC4)C3c3cccc(O)c3)nc12. The predicted octanol–water partition coefficient (Wildman–Crippen LogP) is 2.41. The van der Waals surface area contributed by atoms with Gasteiger partial charge in [0.1, 0.15) is 17.1 Å². The van der Waals surface area contributed by atoms with Crippen molar-refractivity contribution in [3.63, 3.8) is 0 Å². The summed E-state index contributed by atoms with van der Waals surface area (Å²) in [4.78, 5) is 34.8. The van der Waals surface area contributed by atoms with Crippen LogP contribution in [0.4, 0.5) is 0 Å². The van der Waals surface area contributed by atoms with Crippen molar-refractivity contribution in [1.82, 2.24) is 19.2 Å². The van der Waals surface area contributed by atoms with E-state index >= 15 is 0 Å². The number of fused-ring (bicyclic) bond motifs is 1. The van der Waals surface area contributed by atoms with E-state index in [-0.39, 0.29) is 22.8 Å². The number of likely N-dealkylation sites (tertiary alicyclic amines) is 1. The van der Waals surface area contributed by atoms with Gasteiger partial charge in [0.2, 0.25) is 0 Å². The maximum atomic E-state index is 13.3. The van der Waals surface area contributed by atoms with Crippen molar-refractivity contribution in [3.05, 3.63) is 70.7 Å². The fourth-order valence-electron chi connectivity index (χ4n) is 4.90. The van der Waals surface area contributed by atoms with Crippen LogP contribution >= 0.6 is 0 Å². The highest BCUT2D eigenvalue weighted by atomic mass is 16.5. The first-order valence-electron chi connectivity index (χ1n) is 11.7. The van der Waals surface area contributed by atoms with Gasteiger partial charge in [0.05, 0.1) is 30.5 Å². The lowest BCUT2D eigenvalue weighted by atomic mass is 9.96. The van der Waals surface area contributed by atoms with Crippen LogP contribution in [0.2, 0.25) is 0 Å². The summed E-state index contributed by atoms with van der Waals surface area (Å²) in [6, 6.07) is 9.41. The molecule has 5 rings (SSSR count). The summed E-state index contributed by atoms with van der Waals surface area (Å²) < 4.78 is 7.25. The minimum Gasteiger partial charge on any atom is -0.508 e. The van der Waals surface area contributed by atoms with Crippen molar-refractivity contribution < 1.29 is 24.5 Å². The number of carbonyl (C=O) groups is 2. The molecule has 1 atom stereocenters. The number of pyridine rings is 1. The number of rotatable bonds is 5. The Bertz CT molecular complexity index is 1340. The number of phenols is 1. The Balaban J connectivity index is 1.61. The molecular weight excluding hydrogens is 448 g/mol. The Labute approximate surface area is 202 Å². The van der Waals surface area contributed by atoms with Gasteiger partial charge in [-0.05, 0) is 43.2 Å². The van der Waals surface area contributed by atoms with Gasteiger partial charge < -0.3 is 24.3 Å². The third-order valence-corrected chi connectivity index (χ3v) is 6.80. The highest BCUT2D eigenvalue weighted by molar-refractivity contribution is 6.46. The molecule has 0 saturated carbocycles. The number of morpholine rings is 1. The highest BCUT2D eigenvalue weighted by Gasteiger charge is 2.46. The van der Waals surface area contributed by atoms with E-state index in [2.05, 4.69) is 9.88 Å². The summed E-state index contributed by atoms with van der Waals surface area (Å²) in [5.41, 5.74) is 3.04. The number of aliphatic hydroxyl groups is 1. The molecule has 0 radical (unpaired) electrons. The van der Waals surface area contributed by atoms with Crippen molar-refractivity contribution in [2.75, 3.05) is 39.4 Å². The van der Waals surface area contributed by atoms with Gasteiger partial charge in [-0.1, -0.05) is 18.2 Å². The Kier molecular flexibility index (Phi) is 6.04. The number of aromatic nitrogens is 2. The fourth-order valence-corrected chi connectivity index (χ4v) is 4.90. The molecule has 1 amide bonds. The lowest BCUT2D eigenvalue weighted by Gasteiger charge is -2.31. The molecule has 2 saturated heterocycles. The van der Waals surface area contributed by atoms with Crippen molar-refractivity contribution in [2.45, 2.75) is 19.9 Å². The van der Waals surface area contributed by atoms with E-state index in [4.69, 9.17) is 4.74 Å². The molecule has 0 bridgehead atoms. The first kappa shape index (κ1) is 23.1. The maximum absolute atomic E-state index is 13.3. The van der Waals surface area contributed by atoms with Gasteiger partial charge in [0, 0.05) is 32.4 Å². The molecule has 3 aromatic rings. The quantitative estimate of drug-likeness (QED) is 0.331. The predicted molar refractivity (Wildman–Crippen MR) is 129 cm³/mol. The number of hydrogen-bond acceptors (Lipinski definition) is 7. The van der Waals surface area contributed by atoms with Crippen LogP contribution in [0.25, 0.3) is 11.4 Å². The zero-order chi connectivity index (χ0) is 24.7. The van der Waals surface area contributed by atoms with Gasteiger partial charge in [-0.3, -0.25) is 14.5 Å². The topological polar surface area (TPSA) is 108 Å². The van der Waals surface area contributed by atoms with Crippen molar-refractivity contribution in [3.8, 4) is 5.75 Å². The number of imidazole rings is 1. The van der Waals surface area contributed by atoms with Crippen LogP contribution in [-0.2, 0) is 14.3 Å². The smallest absolute Gasteiger partial charge is 0.295 e. The number of benzene rings is 1. The summed E-state index contributed by atoms with van der Waals surface area (Å²) in [6.45, 7) is 7.35. The molecule has 2 aromatic heterocycles. The Hall–Kier alpha value is -3.69. The van der Waals surface area contributed by atoms with E-state index in [0.29, 0.717) is 43.2 Å². The molecule has 1 aromatic carbocycles. The number of aromatic hydroxyl groups is 1. The number of Topliss-reactive ketones (excluding diaryl/α,β-unsaturated/α-hetero) is 1. The minimum atomic E-state index is -0.839. The van der Waals surface area contributed by atoms with E-state index < -0.39 is 17.7 Å². The Morgan fingerprint density at radius 3 is 2.60 bits per heavy atom. The Morgan fingerprint density at radius 2 is 1.89 bits per heavy atom. The largest absolute Gasteiger partial charge is 0.508 e. The summed E-state index contributed by atoms with van der Waals surface area (Å²) >= 11 is 0. The molecule has 2 aliphatic heterocycles. The molecule has 2 aliphatic rings. The minimum absolute atomic E-state index is 0.0146. The van der Waals surface area contributed by atoms with E-state index in [1.54, 1.807) is 12.1 Å². The molecule has 9 heteroatoms. The number of phenolic OH excluding ortho intramolecular Hbond substituents is 1. The molecule has 0 spiro atoms. The van der Waals surface area contributed by atoms with Crippen LogP contribution in [0.3, 0.4) is 0 Å². The number of amides is 1. The maximum Gasteiger partial charge on any atom is 0.295 e. The number of aryl methyl sites for hydroxylation is 2. The van der Waals surface area contributed by atoms with Gasteiger partial charge in [-0.25, -0.2) is 4.98 Å². The normalized spacial score (nSPS) is 20.7. The van der Waals surface area contributed by atoms with Crippen molar-refractivity contribution >= 4 is 23.1 Å². The number of carbonyl (C=O) groups excluding carboxylic acids is 2. The van der Waals surface area contributed by atoms with Crippen LogP contribution in [-0.4, -0.2) is 80.5 Å². The number of aliphatic hydroxyl groups excluding tert-OH is 1. The lowest BCUT2D eigenvalue weighted by molar-refractivity contribution is -0.140. The van der Waals surface area contributed by atoms with Crippen LogP contribution in [0.15, 0.2) is 48.2 Å². The number of ether oxygens (including phenoxy) is 1. The highest BCUT2D eigenvalue weighted by Crippen LogP contribution is 2.40. The summed E-state index contributed by atoms with van der Waals surface area (Å²) in [6.07, 6.45) is 1.84. The molecule has 2 N–H and O–H groups in total. The first-order valence-corrected chi connectivity index (χ1v) is 11.7. The third kappa shape index (κ3) is 4.06. The van der Waals surface area contributed by atoms with E-state index in [1.807, 2.05) is 36.6 Å². The van der Waals surface area contributed by atoms with Gasteiger partial charge >= 0.3 is 0 Å². The lowest BCUT2D eigenvalue weighted by Crippen LogP contribution is -2.42. The van der Waals surface area contributed by atoms with Gasteiger partial charge in [0.25, 0.3) is 11.7 Å². The zero-order valence-electron chi connectivity index (χ0n) is 19.8. The molecule has 9 nitrogen and oxygen atoms in total. The van der Waals surface area contributed by atoms with Crippen molar-refractivity contribution in [2.24, 2.45) is 0 Å². The third-order valence-electron chi connectivity index (χ3n) is 6.80. The molecule has 1 unspecified atom stereocenters. The summed E-state index contributed by atoms with van der Waals surface area (Å²) in [7, 11) is 0. The Morgan fingerprint density at radius 1 is 1.11 bits per heavy atom. The fraction of sp³-hybridized carbons (Fsp3) is 0.346. The van der Waals surface area contributed by atoms with Crippen LogP contribution in [0, 0.1) is 13.8 Å². The number of hydrogen-bond donors (Lipinski definition) is 2. The van der Waals surface area contributed by atoms with E-state index in [9.17, 15) is 19.8 Å². The second-order valence-electron chi connectivity index (χ2n) is 8.97. The second kappa shape index (κ2) is 9.16. The second-order valence-corrected chi connectivity index (χ2v) is 8.97. The van der Waals surface area contributed by atoms with Gasteiger partial charge in [0.15, 0.2) is 5.76 Å².